The first kappa shape index (κ1) is 59.3. The normalized spacial score (nSPS) is 19.1. The van der Waals surface area contributed by atoms with Crippen molar-refractivity contribution in [3.63, 3.8) is 0 Å². The summed E-state index contributed by atoms with van der Waals surface area (Å²) in [5.41, 5.74) is 2.47. The van der Waals surface area contributed by atoms with Crippen molar-refractivity contribution in [2.45, 2.75) is 168 Å². The Hall–Kier alpha value is -6.32. The van der Waals surface area contributed by atoms with Crippen LogP contribution < -0.4 is 9.47 Å². The van der Waals surface area contributed by atoms with Crippen LogP contribution in [-0.2, 0) is 72.2 Å². The van der Waals surface area contributed by atoms with Crippen molar-refractivity contribution in [2.24, 2.45) is 11.8 Å². The van der Waals surface area contributed by atoms with Gasteiger partial charge in [0, 0.05) is 36.8 Å². The second kappa shape index (κ2) is 28.0. The molecule has 2 heterocycles. The third-order valence-electron chi connectivity index (χ3n) is 14.5. The molecular weight excluding hydrogens is 989 g/mol. The van der Waals surface area contributed by atoms with E-state index < -0.39 is 22.8 Å². The number of hydrogen-bond donors (Lipinski definition) is 1. The van der Waals surface area contributed by atoms with E-state index in [0.29, 0.717) is 57.0 Å². The highest BCUT2D eigenvalue weighted by Gasteiger charge is 2.40. The maximum atomic E-state index is 13.3. The summed E-state index contributed by atoms with van der Waals surface area (Å²) in [7, 11) is 3.29. The van der Waals surface area contributed by atoms with Crippen LogP contribution >= 0.6 is 0 Å². The fourth-order valence-electron chi connectivity index (χ4n) is 10.1. The van der Waals surface area contributed by atoms with Gasteiger partial charge in [0.1, 0.15) is 40.0 Å². The number of rotatable bonds is 24. The number of aliphatic carboxylic acids is 1. The zero-order valence-corrected chi connectivity index (χ0v) is 47.3. The SMILES string of the molecule is CCc1oc(-c2cccc(OC)c2)nc1CO[C@H]1CCC[C@@H](COC(C)(Cc2ccccc2)C(=O)O)C1.CCc1oc(-c2cccc(OC)c2)nc1CO[C@H]1CCC[C@@H](COC(C)(Cc2ccccc2)C(=O)OC(C)(C)C)C1. The van der Waals surface area contributed by atoms with Crippen molar-refractivity contribution in [3.8, 4) is 34.4 Å². The van der Waals surface area contributed by atoms with Crippen molar-refractivity contribution >= 4 is 11.9 Å². The molecule has 4 aromatic carbocycles. The Bertz CT molecular complexity index is 2800. The lowest BCUT2D eigenvalue weighted by Crippen LogP contribution is -2.46. The molecule has 14 nitrogen and oxygen atoms in total. The second-order valence-electron chi connectivity index (χ2n) is 22.1. The van der Waals surface area contributed by atoms with Crippen LogP contribution in [0.4, 0.5) is 0 Å². The topological polar surface area (TPSA) is 171 Å². The number of aromatic nitrogens is 2. The van der Waals surface area contributed by atoms with Gasteiger partial charge in [0.05, 0.1) is 52.9 Å². The van der Waals surface area contributed by atoms with E-state index in [-0.39, 0.29) is 24.1 Å². The number of carbonyl (C=O) groups is 2. The molecule has 6 atom stereocenters. The average molecular weight is 1070 g/mol. The molecule has 0 radical (unpaired) electrons. The molecule has 8 rings (SSSR count). The number of benzene rings is 4. The summed E-state index contributed by atoms with van der Waals surface area (Å²) >= 11 is 0. The minimum atomic E-state index is -1.26. The van der Waals surface area contributed by atoms with Crippen LogP contribution in [0.1, 0.15) is 134 Å². The van der Waals surface area contributed by atoms with Crippen LogP contribution in [0.3, 0.4) is 0 Å². The number of carbonyl (C=O) groups excluding carboxylic acids is 1. The highest BCUT2D eigenvalue weighted by atomic mass is 16.6. The lowest BCUT2D eigenvalue weighted by Gasteiger charge is -2.35. The van der Waals surface area contributed by atoms with Crippen LogP contribution in [0.2, 0.25) is 0 Å². The number of ether oxygens (including phenoxy) is 7. The summed E-state index contributed by atoms with van der Waals surface area (Å²) in [6.07, 6.45) is 10.2. The molecule has 2 aliphatic rings. The molecule has 78 heavy (non-hydrogen) atoms. The first-order valence-corrected chi connectivity index (χ1v) is 27.8. The van der Waals surface area contributed by atoms with Crippen LogP contribution in [0.15, 0.2) is 118 Å². The second-order valence-corrected chi connectivity index (χ2v) is 22.1. The van der Waals surface area contributed by atoms with Gasteiger partial charge in [0.25, 0.3) is 0 Å². The highest BCUT2D eigenvalue weighted by molar-refractivity contribution is 5.80. The van der Waals surface area contributed by atoms with Gasteiger partial charge < -0.3 is 47.1 Å². The van der Waals surface area contributed by atoms with E-state index >= 15 is 0 Å². The predicted octanol–water partition coefficient (Wildman–Crippen LogP) is 13.4. The van der Waals surface area contributed by atoms with Gasteiger partial charge in [-0.1, -0.05) is 99.5 Å². The van der Waals surface area contributed by atoms with E-state index in [0.717, 1.165) is 121 Å². The summed E-state index contributed by atoms with van der Waals surface area (Å²) < 4.78 is 53.7. The maximum Gasteiger partial charge on any atom is 0.338 e. The van der Waals surface area contributed by atoms with E-state index in [2.05, 4.69) is 6.92 Å². The Labute approximate surface area is 461 Å². The highest BCUT2D eigenvalue weighted by Crippen LogP contribution is 2.34. The van der Waals surface area contributed by atoms with Crippen LogP contribution in [-0.4, -0.2) is 83.5 Å². The third-order valence-corrected chi connectivity index (χ3v) is 14.5. The zero-order valence-electron chi connectivity index (χ0n) is 47.3. The number of hydrogen-bond acceptors (Lipinski definition) is 13. The van der Waals surface area contributed by atoms with Gasteiger partial charge in [0.2, 0.25) is 11.8 Å². The van der Waals surface area contributed by atoms with Gasteiger partial charge in [-0.2, -0.15) is 0 Å². The number of aryl methyl sites for hydroxylation is 2. The van der Waals surface area contributed by atoms with Crippen LogP contribution in [0, 0.1) is 11.8 Å². The molecule has 14 heteroatoms. The molecule has 1 N–H and O–H groups in total. The van der Waals surface area contributed by atoms with E-state index in [4.69, 9.17) is 52.0 Å². The predicted molar refractivity (Wildman–Crippen MR) is 299 cm³/mol. The molecule has 0 spiro atoms. The molecule has 0 bridgehead atoms. The molecule has 0 aliphatic heterocycles. The lowest BCUT2D eigenvalue weighted by molar-refractivity contribution is -0.184. The summed E-state index contributed by atoms with van der Waals surface area (Å²) in [6, 6.07) is 35.0. The zero-order chi connectivity index (χ0) is 55.7. The first-order valence-electron chi connectivity index (χ1n) is 27.8. The molecular formula is C64H82N2O12. The summed E-state index contributed by atoms with van der Waals surface area (Å²) in [4.78, 5) is 34.8. The average Bonchev–Trinajstić information content (AvgIpc) is 4.08. The van der Waals surface area contributed by atoms with Crippen LogP contribution in [0.5, 0.6) is 11.5 Å². The Kier molecular flexibility index (Phi) is 21.3. The number of esters is 1. The standard InChI is InChI=1S/C34H45NO6.C30H37NO6/c1-7-30-29(35-31(40-30)26-16-12-17-27(20-26)37-6)23-38-28-18-11-15-25(19-28)22-39-34(5,32(36)41-33(2,3)4)21-24-13-9-8-10-14-24;1-4-27-26(31-28(37-27)23-13-9-14-24(17-23)34-3)20-35-25-15-8-12-22(16-25)19-36-30(2,29(32)33)18-21-10-6-5-7-11-21/h8-10,12-14,16-17,20,25,28H,7,11,15,18-19,21-23H2,1-6H3;5-7,9-11,13-14,17,22,25H,4,8,12,15-16,18-20H2,1-3H3,(H,32,33)/t25-,28+,34?;22-,25+,30?/m11/s1. The molecule has 2 aromatic heterocycles. The summed E-state index contributed by atoms with van der Waals surface area (Å²) in [6.45, 7) is 14.9. The fraction of sp³-hybridized carbons (Fsp3) is 0.500. The molecule has 0 saturated heterocycles. The number of methoxy groups -OCH3 is 2. The molecule has 2 unspecified atom stereocenters. The Morgan fingerprint density at radius 3 is 1.44 bits per heavy atom. The van der Waals surface area contributed by atoms with E-state index in [1.165, 1.54) is 0 Å². The van der Waals surface area contributed by atoms with E-state index in [9.17, 15) is 14.7 Å². The molecule has 0 amide bonds. The van der Waals surface area contributed by atoms with Crippen LogP contribution in [0.25, 0.3) is 22.9 Å². The van der Waals surface area contributed by atoms with Gasteiger partial charge in [-0.25, -0.2) is 19.6 Å². The molecule has 2 aliphatic carbocycles. The number of carboxylic acids is 1. The smallest absolute Gasteiger partial charge is 0.338 e. The molecule has 6 aromatic rings. The molecule has 2 fully saturated rings. The fourth-order valence-corrected chi connectivity index (χ4v) is 10.1. The Morgan fingerprint density at radius 1 is 0.590 bits per heavy atom. The Morgan fingerprint density at radius 2 is 1.03 bits per heavy atom. The van der Waals surface area contributed by atoms with Gasteiger partial charge in [0.15, 0.2) is 11.2 Å². The summed E-state index contributed by atoms with van der Waals surface area (Å²) in [5.74, 6) is 3.60. The van der Waals surface area contributed by atoms with Gasteiger partial charge >= 0.3 is 11.9 Å². The number of oxazole rings is 2. The molecule has 420 valence electrons. The lowest BCUT2D eigenvalue weighted by atomic mass is 9.87. The van der Waals surface area contributed by atoms with Crippen molar-refractivity contribution < 1.29 is 56.7 Å². The quantitative estimate of drug-likeness (QED) is 0.0568. The Balaban J connectivity index is 0.000000227. The van der Waals surface area contributed by atoms with Crippen molar-refractivity contribution in [2.75, 3.05) is 27.4 Å². The van der Waals surface area contributed by atoms with E-state index in [1.807, 2.05) is 144 Å². The maximum absolute atomic E-state index is 13.3. The van der Waals surface area contributed by atoms with Crippen molar-refractivity contribution in [1.82, 2.24) is 9.97 Å². The largest absolute Gasteiger partial charge is 0.497 e. The minimum Gasteiger partial charge on any atom is -0.497 e. The number of carboxylic acid groups (broad SMARTS) is 1. The van der Waals surface area contributed by atoms with Crippen molar-refractivity contribution in [3.05, 3.63) is 143 Å². The minimum absolute atomic E-state index is 0.0780. The first-order chi connectivity index (χ1) is 37.5. The van der Waals surface area contributed by atoms with Gasteiger partial charge in [-0.05, 0) is 133 Å². The third kappa shape index (κ3) is 17.1. The van der Waals surface area contributed by atoms with Gasteiger partial charge in [-0.3, -0.25) is 0 Å². The monoisotopic (exact) mass is 1070 g/mol. The summed E-state index contributed by atoms with van der Waals surface area (Å²) in [5, 5.41) is 9.88. The van der Waals surface area contributed by atoms with E-state index in [1.54, 1.807) is 21.1 Å². The molecule has 2 saturated carbocycles. The van der Waals surface area contributed by atoms with Gasteiger partial charge in [-0.15, -0.1) is 0 Å². The number of nitrogens with zero attached hydrogens (tertiary/aromatic N) is 2. The van der Waals surface area contributed by atoms with Crippen molar-refractivity contribution in [1.29, 1.82) is 0 Å².